The quantitative estimate of drug-likeness (QED) is 0.349. The van der Waals surface area contributed by atoms with Crippen LogP contribution in [-0.2, 0) is 0 Å². The first-order valence-electron chi connectivity index (χ1n) is 13.3. The third-order valence-corrected chi connectivity index (χ3v) is 6.52. The molecule has 0 amide bonds. The first-order valence-corrected chi connectivity index (χ1v) is 13.3. The fourth-order valence-electron chi connectivity index (χ4n) is 3.16. The molecule has 200 valence electrons. The van der Waals surface area contributed by atoms with Crippen LogP contribution in [0.2, 0.25) is 0 Å². The van der Waals surface area contributed by atoms with E-state index in [9.17, 15) is 0 Å². The maximum Gasteiger partial charge on any atom is 0.230 e. The van der Waals surface area contributed by atoms with Crippen LogP contribution in [0.15, 0.2) is 109 Å². The molecule has 2 aromatic rings. The number of fused-ring (bicyclic) bond motifs is 1. The minimum atomic E-state index is 0.0833. The highest BCUT2D eigenvalue weighted by Gasteiger charge is 2.44. The summed E-state index contributed by atoms with van der Waals surface area (Å²) in [5.74, 6) is 2.10. The maximum absolute atomic E-state index is 6.54. The molecule has 2 atom stereocenters. The molecular weight excluding hydrogens is 464 g/mol. The molecule has 2 saturated carbocycles. The molecule has 4 aliphatic rings. The Hall–Kier alpha value is -3.84. The maximum atomic E-state index is 6.54. The van der Waals surface area contributed by atoms with Crippen molar-refractivity contribution in [2.75, 3.05) is 0 Å². The van der Waals surface area contributed by atoms with E-state index in [0.29, 0.717) is 0 Å². The summed E-state index contributed by atoms with van der Waals surface area (Å²) < 4.78 is 0. The minimum absolute atomic E-state index is 0.0833. The van der Waals surface area contributed by atoms with E-state index in [-0.39, 0.29) is 5.54 Å². The Balaban J connectivity index is 0.000000171. The highest BCUT2D eigenvalue weighted by Crippen LogP contribution is 2.38. The van der Waals surface area contributed by atoms with Crippen LogP contribution in [0.5, 0.6) is 0 Å². The van der Waals surface area contributed by atoms with Crippen LogP contribution >= 0.6 is 0 Å². The number of hydrogen-bond donors (Lipinski definition) is 2. The van der Waals surface area contributed by atoms with E-state index in [2.05, 4.69) is 66.5 Å². The van der Waals surface area contributed by atoms with Gasteiger partial charge >= 0.3 is 0 Å². The van der Waals surface area contributed by atoms with Gasteiger partial charge in [-0.1, -0.05) is 57.4 Å². The van der Waals surface area contributed by atoms with Crippen molar-refractivity contribution in [1.82, 2.24) is 15.6 Å². The zero-order chi connectivity index (χ0) is 28.1. The van der Waals surface area contributed by atoms with Gasteiger partial charge in [0.1, 0.15) is 0 Å². The molecule has 0 bridgehead atoms. The standard InChI is InChI=1S/C10H9N.2C7H9N.C5H7N.C5H10/c1-8-6-9-4-2-3-5-10(9)11-7-8;1-6-3-4-7(2)8-5-6;1-6-4-3-5-7(2)8-6;1-5(6-2)3-4-5;1-4-3-5(4)2/h2-7H,1H3;3-5,8H,2H2,1H3;3-5,8H,1H2,2H3;3-4H2,1H3;4-5H,3H2,1-2H3. The Morgan fingerprint density at radius 1 is 1.00 bits per heavy atom. The molecule has 2 aliphatic carbocycles. The summed E-state index contributed by atoms with van der Waals surface area (Å²) in [4.78, 5) is 7.66. The van der Waals surface area contributed by atoms with Crippen LogP contribution in [0, 0.1) is 25.3 Å². The van der Waals surface area contributed by atoms with Crippen molar-refractivity contribution in [3.63, 3.8) is 0 Å². The van der Waals surface area contributed by atoms with Gasteiger partial charge in [-0.25, -0.2) is 6.57 Å². The van der Waals surface area contributed by atoms with Crippen LogP contribution in [-0.4, -0.2) is 10.5 Å². The summed E-state index contributed by atoms with van der Waals surface area (Å²) in [6.45, 7) is 26.7. The van der Waals surface area contributed by atoms with E-state index in [1.165, 1.54) is 22.9 Å². The molecular formula is C34H44N4. The summed E-state index contributed by atoms with van der Waals surface area (Å²) in [6.07, 6.45) is 17.4. The van der Waals surface area contributed by atoms with Crippen molar-refractivity contribution in [2.45, 2.75) is 66.3 Å². The zero-order valence-corrected chi connectivity index (χ0v) is 24.0. The molecule has 38 heavy (non-hydrogen) atoms. The predicted molar refractivity (Wildman–Crippen MR) is 164 cm³/mol. The topological polar surface area (TPSA) is 41.3 Å². The molecule has 2 unspecified atom stereocenters. The van der Waals surface area contributed by atoms with Crippen molar-refractivity contribution in [1.29, 1.82) is 0 Å². The second-order valence-electron chi connectivity index (χ2n) is 10.8. The van der Waals surface area contributed by atoms with Crippen molar-refractivity contribution < 1.29 is 0 Å². The molecule has 0 saturated heterocycles. The average Bonchev–Trinajstić information content (AvgIpc) is 3.80. The Morgan fingerprint density at radius 3 is 2.08 bits per heavy atom. The number of dihydropyridines is 2. The molecule has 4 nitrogen and oxygen atoms in total. The van der Waals surface area contributed by atoms with E-state index < -0.39 is 0 Å². The molecule has 3 heterocycles. The highest BCUT2D eigenvalue weighted by molar-refractivity contribution is 5.78. The number of rotatable bonds is 0. The van der Waals surface area contributed by atoms with Gasteiger partial charge in [-0.3, -0.25) is 4.98 Å². The summed E-state index contributed by atoms with van der Waals surface area (Å²) in [5.41, 5.74) is 6.66. The van der Waals surface area contributed by atoms with E-state index in [1.54, 1.807) is 0 Å². The average molecular weight is 509 g/mol. The normalized spacial score (nSPS) is 20.9. The lowest BCUT2D eigenvalue weighted by Crippen LogP contribution is -2.09. The minimum Gasteiger partial charge on any atom is -0.362 e. The number of pyridine rings is 1. The van der Waals surface area contributed by atoms with Crippen LogP contribution in [0.4, 0.5) is 0 Å². The number of nitrogens with zero attached hydrogens (tertiary/aromatic N) is 2. The van der Waals surface area contributed by atoms with Crippen LogP contribution < -0.4 is 10.6 Å². The predicted octanol–water partition coefficient (Wildman–Crippen LogP) is 8.79. The van der Waals surface area contributed by atoms with Gasteiger partial charge in [0.05, 0.1) is 5.52 Å². The number of para-hydroxylation sites is 1. The molecule has 1 aromatic heterocycles. The Labute approximate surface area is 230 Å². The molecule has 2 aliphatic heterocycles. The fraction of sp³-hybridized carbons (Fsp3) is 0.353. The second kappa shape index (κ2) is 14.8. The molecule has 2 N–H and O–H groups in total. The largest absolute Gasteiger partial charge is 0.362 e. The molecule has 1 aromatic carbocycles. The zero-order valence-electron chi connectivity index (χ0n) is 24.0. The van der Waals surface area contributed by atoms with Crippen LogP contribution in [0.1, 0.15) is 59.4 Å². The number of allylic oxidation sites excluding steroid dienone is 7. The number of hydrogen-bond acceptors (Lipinski definition) is 3. The van der Waals surface area contributed by atoms with Gasteiger partial charge in [0.15, 0.2) is 0 Å². The first-order chi connectivity index (χ1) is 18.0. The molecule has 6 rings (SSSR count). The van der Waals surface area contributed by atoms with Crippen LogP contribution in [0.25, 0.3) is 15.7 Å². The smallest absolute Gasteiger partial charge is 0.230 e. The molecule has 0 spiro atoms. The van der Waals surface area contributed by atoms with Gasteiger partial charge in [-0.05, 0) is 80.5 Å². The number of aromatic nitrogens is 1. The van der Waals surface area contributed by atoms with Crippen molar-refractivity contribution in [3.8, 4) is 0 Å². The van der Waals surface area contributed by atoms with Crippen molar-refractivity contribution >= 4 is 10.9 Å². The van der Waals surface area contributed by atoms with Gasteiger partial charge < -0.3 is 15.5 Å². The van der Waals surface area contributed by atoms with Gasteiger partial charge in [0.2, 0.25) is 5.54 Å². The lowest BCUT2D eigenvalue weighted by Gasteiger charge is -2.07. The summed E-state index contributed by atoms with van der Waals surface area (Å²) >= 11 is 0. The first kappa shape index (κ1) is 30.4. The highest BCUT2D eigenvalue weighted by atomic mass is 14.9. The second-order valence-corrected chi connectivity index (χ2v) is 10.8. The third-order valence-electron chi connectivity index (χ3n) is 6.52. The summed E-state index contributed by atoms with van der Waals surface area (Å²) in [5, 5.41) is 7.26. The lowest BCUT2D eigenvalue weighted by molar-refractivity contribution is 0.834. The number of benzene rings is 1. The van der Waals surface area contributed by atoms with Gasteiger partial charge in [-0.15, -0.1) is 0 Å². The Kier molecular flexibility index (Phi) is 11.8. The Morgan fingerprint density at radius 2 is 1.66 bits per heavy atom. The summed E-state index contributed by atoms with van der Waals surface area (Å²) in [7, 11) is 0. The van der Waals surface area contributed by atoms with Gasteiger partial charge in [0, 0.05) is 54.6 Å². The Bertz CT molecular complexity index is 1260. The molecule has 0 radical (unpaired) electrons. The number of aryl methyl sites for hydroxylation is 1. The van der Waals surface area contributed by atoms with Gasteiger partial charge in [-0.2, -0.15) is 0 Å². The van der Waals surface area contributed by atoms with E-state index in [0.717, 1.165) is 47.3 Å². The monoisotopic (exact) mass is 508 g/mol. The van der Waals surface area contributed by atoms with Gasteiger partial charge in [0.25, 0.3) is 0 Å². The SMILES string of the molecule is C=C1C=CC(C)=CN1.C=C1C=CC=C(C)N1.CC1CC1C.Cc1cnc2ccccc2c1.[C-]#[N+]C1(C)CC1. The molecule has 2 fully saturated rings. The number of nitrogens with one attached hydrogen (secondary N) is 2. The fourth-order valence-corrected chi connectivity index (χ4v) is 3.16. The van der Waals surface area contributed by atoms with Crippen molar-refractivity contribution in [3.05, 3.63) is 126 Å². The van der Waals surface area contributed by atoms with Crippen LogP contribution in [0.3, 0.4) is 0 Å². The van der Waals surface area contributed by atoms with E-state index >= 15 is 0 Å². The van der Waals surface area contributed by atoms with E-state index in [4.69, 9.17) is 6.57 Å². The summed E-state index contributed by atoms with van der Waals surface area (Å²) in [6, 6.07) is 10.3. The molecule has 4 heteroatoms. The van der Waals surface area contributed by atoms with Crippen molar-refractivity contribution in [2.24, 2.45) is 11.8 Å². The lowest BCUT2D eigenvalue weighted by atomic mass is 10.2. The third kappa shape index (κ3) is 12.4. The van der Waals surface area contributed by atoms with E-state index in [1.807, 2.05) is 81.7 Å².